The van der Waals surface area contributed by atoms with Gasteiger partial charge >= 0.3 is 12.0 Å². The number of nitrogens with one attached hydrogen (secondary N) is 3. The Bertz CT molecular complexity index is 612. The zero-order valence-corrected chi connectivity index (χ0v) is 10.2. The van der Waals surface area contributed by atoms with Crippen LogP contribution in [0.3, 0.4) is 0 Å². The first-order chi connectivity index (χ1) is 9.06. The summed E-state index contributed by atoms with van der Waals surface area (Å²) in [6.07, 6.45) is 2.95. The number of aromatic nitrogens is 2. The van der Waals surface area contributed by atoms with Gasteiger partial charge in [-0.1, -0.05) is 11.6 Å². The number of aromatic amines is 1. The summed E-state index contributed by atoms with van der Waals surface area (Å²) in [6.45, 7) is 0. The van der Waals surface area contributed by atoms with Crippen molar-refractivity contribution in [2.24, 2.45) is 0 Å². The second-order valence-corrected chi connectivity index (χ2v) is 3.97. The Kier molecular flexibility index (Phi) is 3.67. The number of carboxylic acid groups (broad SMARTS) is 1. The molecule has 1 heterocycles. The molecule has 0 bridgehead atoms. The molecule has 8 heteroatoms. The number of aromatic carboxylic acids is 1. The van der Waals surface area contributed by atoms with Crippen molar-refractivity contribution in [1.82, 2.24) is 10.2 Å². The summed E-state index contributed by atoms with van der Waals surface area (Å²) in [5, 5.41) is 20.2. The normalized spacial score (nSPS) is 9.95. The van der Waals surface area contributed by atoms with Crippen molar-refractivity contribution in [3.05, 3.63) is 41.2 Å². The molecule has 0 unspecified atom stereocenters. The quantitative estimate of drug-likeness (QED) is 0.692. The number of H-pyrrole nitrogens is 1. The molecular formula is C11H9ClN4O3. The summed E-state index contributed by atoms with van der Waals surface area (Å²) in [4.78, 5) is 22.3. The second-order valence-electron chi connectivity index (χ2n) is 3.57. The highest BCUT2D eigenvalue weighted by Crippen LogP contribution is 2.23. The molecule has 0 spiro atoms. The van der Waals surface area contributed by atoms with E-state index in [4.69, 9.17) is 16.7 Å². The minimum Gasteiger partial charge on any atom is -0.478 e. The van der Waals surface area contributed by atoms with E-state index < -0.39 is 12.0 Å². The van der Waals surface area contributed by atoms with Crippen LogP contribution in [0.1, 0.15) is 10.4 Å². The van der Waals surface area contributed by atoms with E-state index in [-0.39, 0.29) is 10.6 Å². The highest BCUT2D eigenvalue weighted by Gasteiger charge is 2.09. The Hall–Kier alpha value is -2.54. The van der Waals surface area contributed by atoms with Gasteiger partial charge in [0.05, 0.1) is 28.2 Å². The molecule has 0 aliphatic rings. The lowest BCUT2D eigenvalue weighted by Crippen LogP contribution is -2.19. The third kappa shape index (κ3) is 3.23. The standard InChI is InChI=1S/C11H9ClN4O3/c12-8-3-6(10(17)18)1-2-9(8)16-11(19)15-7-4-13-14-5-7/h1-5H,(H,13,14)(H,17,18)(H2,15,16,19). The molecule has 0 aliphatic heterocycles. The smallest absolute Gasteiger partial charge is 0.335 e. The molecule has 1 aromatic carbocycles. The largest absolute Gasteiger partial charge is 0.478 e. The number of carbonyl (C=O) groups excluding carboxylic acids is 1. The number of halogens is 1. The second kappa shape index (κ2) is 5.40. The van der Waals surface area contributed by atoms with Gasteiger partial charge in [0.25, 0.3) is 0 Å². The molecule has 4 N–H and O–H groups in total. The summed E-state index contributed by atoms with van der Waals surface area (Å²) in [5.74, 6) is -1.09. The van der Waals surface area contributed by atoms with Gasteiger partial charge in [0, 0.05) is 6.20 Å². The van der Waals surface area contributed by atoms with Crippen LogP contribution in [0.25, 0.3) is 0 Å². The van der Waals surface area contributed by atoms with Gasteiger partial charge in [0.2, 0.25) is 0 Å². The van der Waals surface area contributed by atoms with E-state index >= 15 is 0 Å². The van der Waals surface area contributed by atoms with E-state index in [2.05, 4.69) is 20.8 Å². The molecule has 98 valence electrons. The number of urea groups is 1. The van der Waals surface area contributed by atoms with E-state index in [0.717, 1.165) is 0 Å². The molecule has 0 radical (unpaired) electrons. The first kappa shape index (κ1) is 12.9. The van der Waals surface area contributed by atoms with Gasteiger partial charge in [-0.3, -0.25) is 5.10 Å². The van der Waals surface area contributed by atoms with Crippen molar-refractivity contribution in [2.75, 3.05) is 10.6 Å². The Balaban J connectivity index is 2.07. The van der Waals surface area contributed by atoms with Crippen molar-refractivity contribution < 1.29 is 14.7 Å². The minimum absolute atomic E-state index is 0.0470. The summed E-state index contributed by atoms with van der Waals surface area (Å²) < 4.78 is 0. The third-order valence-corrected chi connectivity index (χ3v) is 2.53. The zero-order valence-electron chi connectivity index (χ0n) is 9.48. The Morgan fingerprint density at radius 2 is 2.11 bits per heavy atom. The topological polar surface area (TPSA) is 107 Å². The van der Waals surface area contributed by atoms with E-state index in [1.165, 1.54) is 30.6 Å². The molecule has 2 rings (SSSR count). The van der Waals surface area contributed by atoms with Crippen LogP contribution in [0.5, 0.6) is 0 Å². The van der Waals surface area contributed by atoms with Crippen LogP contribution in [-0.4, -0.2) is 27.3 Å². The number of rotatable bonds is 3. The first-order valence-corrected chi connectivity index (χ1v) is 5.53. The van der Waals surface area contributed by atoms with Crippen molar-refractivity contribution >= 4 is 35.0 Å². The average Bonchev–Trinajstić information content (AvgIpc) is 2.84. The summed E-state index contributed by atoms with van der Waals surface area (Å²) >= 11 is 5.88. The molecule has 0 aliphatic carbocycles. The highest BCUT2D eigenvalue weighted by molar-refractivity contribution is 6.34. The van der Waals surface area contributed by atoms with Crippen molar-refractivity contribution in [2.45, 2.75) is 0 Å². The summed E-state index contributed by atoms with van der Waals surface area (Å²) in [5.41, 5.74) is 0.856. The number of carboxylic acids is 1. The summed E-state index contributed by atoms with van der Waals surface area (Å²) in [7, 11) is 0. The van der Waals surface area contributed by atoms with Gasteiger partial charge in [0.1, 0.15) is 0 Å². The fourth-order valence-corrected chi connectivity index (χ4v) is 1.58. The molecule has 0 atom stereocenters. The van der Waals surface area contributed by atoms with Crippen LogP contribution >= 0.6 is 11.6 Å². The first-order valence-electron chi connectivity index (χ1n) is 5.16. The van der Waals surface area contributed by atoms with Gasteiger partial charge in [-0.05, 0) is 18.2 Å². The molecule has 1 aromatic heterocycles. The molecule has 0 saturated heterocycles. The average molecular weight is 281 g/mol. The lowest BCUT2D eigenvalue weighted by molar-refractivity contribution is 0.0697. The Morgan fingerprint density at radius 1 is 1.32 bits per heavy atom. The maximum atomic E-state index is 11.6. The monoisotopic (exact) mass is 280 g/mol. The Labute approximate surface area is 112 Å². The van der Waals surface area contributed by atoms with Crippen molar-refractivity contribution in [3.8, 4) is 0 Å². The molecular weight excluding hydrogens is 272 g/mol. The molecule has 7 nitrogen and oxygen atoms in total. The number of hydrogen-bond donors (Lipinski definition) is 4. The van der Waals surface area contributed by atoms with E-state index in [1.807, 2.05) is 0 Å². The van der Waals surface area contributed by atoms with Crippen LogP contribution in [0, 0.1) is 0 Å². The van der Waals surface area contributed by atoms with Gasteiger partial charge in [-0.15, -0.1) is 0 Å². The Morgan fingerprint density at radius 3 is 2.68 bits per heavy atom. The zero-order chi connectivity index (χ0) is 13.8. The third-order valence-electron chi connectivity index (χ3n) is 2.22. The van der Waals surface area contributed by atoms with Crippen LogP contribution in [0.2, 0.25) is 5.02 Å². The van der Waals surface area contributed by atoms with E-state index in [9.17, 15) is 9.59 Å². The predicted molar refractivity (Wildman–Crippen MR) is 69.6 cm³/mol. The van der Waals surface area contributed by atoms with Crippen molar-refractivity contribution in [3.63, 3.8) is 0 Å². The predicted octanol–water partition coefficient (Wildman–Crippen LogP) is 2.41. The maximum Gasteiger partial charge on any atom is 0.335 e. The van der Waals surface area contributed by atoms with Crippen LogP contribution < -0.4 is 10.6 Å². The number of amides is 2. The number of hydrogen-bond acceptors (Lipinski definition) is 3. The van der Waals surface area contributed by atoms with Crippen molar-refractivity contribution in [1.29, 1.82) is 0 Å². The SMILES string of the molecule is O=C(Nc1cn[nH]c1)Nc1ccc(C(=O)O)cc1Cl. The maximum absolute atomic E-state index is 11.6. The van der Waals surface area contributed by atoms with Gasteiger partial charge < -0.3 is 15.7 Å². The number of benzene rings is 1. The molecule has 19 heavy (non-hydrogen) atoms. The van der Waals surface area contributed by atoms with E-state index in [0.29, 0.717) is 11.4 Å². The van der Waals surface area contributed by atoms with Crippen LogP contribution in [0.15, 0.2) is 30.6 Å². The molecule has 2 aromatic rings. The summed E-state index contributed by atoms with van der Waals surface area (Å²) in [6, 6.07) is 3.52. The molecule has 0 fully saturated rings. The molecule has 0 saturated carbocycles. The van der Waals surface area contributed by atoms with Crippen LogP contribution in [-0.2, 0) is 0 Å². The van der Waals surface area contributed by atoms with Crippen LogP contribution in [0.4, 0.5) is 16.2 Å². The van der Waals surface area contributed by atoms with Gasteiger partial charge in [-0.25, -0.2) is 9.59 Å². The van der Waals surface area contributed by atoms with Gasteiger partial charge in [-0.2, -0.15) is 5.10 Å². The highest BCUT2D eigenvalue weighted by atomic mass is 35.5. The minimum atomic E-state index is -1.09. The van der Waals surface area contributed by atoms with E-state index in [1.54, 1.807) is 0 Å². The lowest BCUT2D eigenvalue weighted by atomic mass is 10.2. The van der Waals surface area contributed by atoms with Gasteiger partial charge in [0.15, 0.2) is 0 Å². The lowest BCUT2D eigenvalue weighted by Gasteiger charge is -2.08. The number of carbonyl (C=O) groups is 2. The number of anilines is 2. The molecule has 2 amide bonds. The number of nitrogens with zero attached hydrogens (tertiary/aromatic N) is 1. The fraction of sp³-hybridized carbons (Fsp3) is 0. The fourth-order valence-electron chi connectivity index (χ4n) is 1.35.